The van der Waals surface area contributed by atoms with Crippen LogP contribution in [0.25, 0.3) is 28.3 Å². The van der Waals surface area contributed by atoms with Crippen molar-refractivity contribution in [1.82, 2.24) is 15.0 Å². The number of nitrogens with zero attached hydrogens (tertiary/aromatic N) is 4. The molecule has 0 radical (unpaired) electrons. The normalized spacial score (nSPS) is 16.5. The average molecular weight is 326 g/mol. The molecule has 0 N–H and O–H groups in total. The number of benzene rings is 2. The second kappa shape index (κ2) is 6.77. The van der Waals surface area contributed by atoms with E-state index in [2.05, 4.69) is 23.0 Å². The number of rotatable bonds is 3. The summed E-state index contributed by atoms with van der Waals surface area (Å²) < 4.78 is 0. The summed E-state index contributed by atoms with van der Waals surface area (Å²) in [6, 6.07) is 20.3. The maximum absolute atomic E-state index is 4.70. The molecule has 122 valence electrons. The van der Waals surface area contributed by atoms with E-state index in [4.69, 9.17) is 9.97 Å². The van der Waals surface area contributed by atoms with Crippen LogP contribution in [0.1, 0.15) is 19.2 Å². The molecule has 1 aromatic heterocycles. The van der Waals surface area contributed by atoms with Crippen LogP contribution in [0.5, 0.6) is 0 Å². The predicted molar refractivity (Wildman–Crippen MR) is 101 cm³/mol. The van der Waals surface area contributed by atoms with Crippen LogP contribution in [0, 0.1) is 0 Å². The van der Waals surface area contributed by atoms with Crippen LogP contribution in [-0.2, 0) is 0 Å². The van der Waals surface area contributed by atoms with Crippen LogP contribution < -0.4 is 0 Å². The second-order valence-electron chi connectivity index (χ2n) is 6.06. The van der Waals surface area contributed by atoms with Gasteiger partial charge in [0, 0.05) is 22.9 Å². The third kappa shape index (κ3) is 3.38. The van der Waals surface area contributed by atoms with E-state index in [-0.39, 0.29) is 0 Å². The van der Waals surface area contributed by atoms with Gasteiger partial charge < -0.3 is 0 Å². The van der Waals surface area contributed by atoms with Crippen LogP contribution in [0.3, 0.4) is 0 Å². The Kier molecular flexibility index (Phi) is 4.17. The Morgan fingerprint density at radius 2 is 1.24 bits per heavy atom. The first-order valence-electron chi connectivity index (χ1n) is 8.40. The van der Waals surface area contributed by atoms with Gasteiger partial charge in [-0.25, -0.2) is 15.0 Å². The van der Waals surface area contributed by atoms with Crippen molar-refractivity contribution in [3.63, 3.8) is 0 Å². The lowest BCUT2D eigenvalue weighted by molar-refractivity contribution is 0.758. The second-order valence-corrected chi connectivity index (χ2v) is 6.06. The van der Waals surface area contributed by atoms with E-state index in [0.717, 1.165) is 23.1 Å². The maximum atomic E-state index is 4.70. The highest BCUT2D eigenvalue weighted by Crippen LogP contribution is 2.23. The minimum absolute atomic E-state index is 0.313. The van der Waals surface area contributed by atoms with Crippen molar-refractivity contribution in [3.05, 3.63) is 72.6 Å². The molecule has 1 atom stereocenters. The number of hydrogen-bond acceptors (Lipinski definition) is 4. The minimum atomic E-state index is 0.313. The molecule has 2 aromatic carbocycles. The van der Waals surface area contributed by atoms with Gasteiger partial charge in [-0.05, 0) is 13.3 Å². The molecule has 0 saturated carbocycles. The van der Waals surface area contributed by atoms with Gasteiger partial charge in [0.1, 0.15) is 0 Å². The summed E-state index contributed by atoms with van der Waals surface area (Å²) in [5.74, 6) is 2.03. The molecule has 25 heavy (non-hydrogen) atoms. The quantitative estimate of drug-likeness (QED) is 0.714. The van der Waals surface area contributed by atoms with Crippen LogP contribution >= 0.6 is 0 Å². The molecule has 4 nitrogen and oxygen atoms in total. The van der Waals surface area contributed by atoms with E-state index in [1.54, 1.807) is 0 Å². The third-order valence-electron chi connectivity index (χ3n) is 4.10. The van der Waals surface area contributed by atoms with Gasteiger partial charge in [-0.15, -0.1) is 0 Å². The molecular formula is C21H18N4. The van der Waals surface area contributed by atoms with E-state index in [0.29, 0.717) is 23.5 Å². The zero-order valence-corrected chi connectivity index (χ0v) is 14.0. The van der Waals surface area contributed by atoms with Gasteiger partial charge in [-0.2, -0.15) is 0 Å². The number of allylic oxidation sites excluding steroid dienone is 1. The first kappa shape index (κ1) is 15.4. The number of dihydropyridines is 1. The maximum Gasteiger partial charge on any atom is 0.165 e. The molecule has 0 spiro atoms. The zero-order valence-electron chi connectivity index (χ0n) is 14.0. The topological polar surface area (TPSA) is 51.0 Å². The van der Waals surface area contributed by atoms with Crippen molar-refractivity contribution in [2.24, 2.45) is 4.99 Å². The minimum Gasteiger partial charge on any atom is -0.289 e. The van der Waals surface area contributed by atoms with Gasteiger partial charge in [0.15, 0.2) is 17.5 Å². The fourth-order valence-corrected chi connectivity index (χ4v) is 2.71. The van der Waals surface area contributed by atoms with Gasteiger partial charge >= 0.3 is 0 Å². The largest absolute Gasteiger partial charge is 0.289 e. The van der Waals surface area contributed by atoms with Gasteiger partial charge in [-0.3, -0.25) is 4.99 Å². The summed E-state index contributed by atoms with van der Waals surface area (Å²) in [7, 11) is 0. The Bertz CT molecular complexity index is 873. The molecule has 3 aromatic rings. The zero-order chi connectivity index (χ0) is 17.1. The fraction of sp³-hybridized carbons (Fsp3) is 0.143. The molecule has 2 heterocycles. The summed E-state index contributed by atoms with van der Waals surface area (Å²) in [4.78, 5) is 18.6. The third-order valence-corrected chi connectivity index (χ3v) is 4.10. The van der Waals surface area contributed by atoms with Crippen LogP contribution in [0.2, 0.25) is 0 Å². The average Bonchev–Trinajstić information content (AvgIpc) is 2.69. The van der Waals surface area contributed by atoms with Crippen LogP contribution in [-0.4, -0.2) is 27.2 Å². The van der Waals surface area contributed by atoms with Crippen molar-refractivity contribution in [2.45, 2.75) is 19.4 Å². The Morgan fingerprint density at radius 3 is 1.72 bits per heavy atom. The Labute approximate surface area is 147 Å². The number of hydrogen-bond donors (Lipinski definition) is 0. The molecule has 1 unspecified atom stereocenters. The van der Waals surface area contributed by atoms with E-state index in [9.17, 15) is 0 Å². The summed E-state index contributed by atoms with van der Waals surface area (Å²) in [6.45, 7) is 2.10. The molecule has 4 rings (SSSR count). The highest BCUT2D eigenvalue weighted by Gasteiger charge is 2.14. The first-order chi connectivity index (χ1) is 12.3. The van der Waals surface area contributed by atoms with Gasteiger partial charge in [-0.1, -0.05) is 66.7 Å². The molecule has 0 amide bonds. The van der Waals surface area contributed by atoms with E-state index >= 15 is 0 Å². The lowest BCUT2D eigenvalue weighted by Crippen LogP contribution is -2.08. The van der Waals surface area contributed by atoms with E-state index in [1.165, 1.54) is 0 Å². The highest BCUT2D eigenvalue weighted by atomic mass is 15.0. The lowest BCUT2D eigenvalue weighted by atomic mass is 10.1. The fourth-order valence-electron chi connectivity index (χ4n) is 2.71. The molecule has 0 bridgehead atoms. The molecule has 1 aliphatic rings. The standard InChI is InChI=1S/C21H18N4/c1-15-12-13-18(14-22-15)21-24-19(16-8-4-2-5-9-16)23-20(25-21)17-10-6-3-7-11-17/h2-11,13-15H,12H2,1H3. The summed E-state index contributed by atoms with van der Waals surface area (Å²) in [5, 5.41) is 0. The van der Waals surface area contributed by atoms with Crippen LogP contribution in [0.4, 0.5) is 0 Å². The van der Waals surface area contributed by atoms with Crippen molar-refractivity contribution < 1.29 is 0 Å². The summed E-state index contributed by atoms with van der Waals surface area (Å²) >= 11 is 0. The lowest BCUT2D eigenvalue weighted by Gasteiger charge is -2.12. The van der Waals surface area contributed by atoms with Crippen molar-refractivity contribution in [1.29, 1.82) is 0 Å². The van der Waals surface area contributed by atoms with Gasteiger partial charge in [0.25, 0.3) is 0 Å². The van der Waals surface area contributed by atoms with Crippen LogP contribution in [0.15, 0.2) is 71.7 Å². The Hall–Kier alpha value is -3.14. The molecular weight excluding hydrogens is 308 g/mol. The molecule has 0 aliphatic carbocycles. The molecule has 4 heteroatoms. The number of aromatic nitrogens is 3. The molecule has 1 aliphatic heterocycles. The monoisotopic (exact) mass is 326 g/mol. The first-order valence-corrected chi connectivity index (χ1v) is 8.40. The highest BCUT2D eigenvalue weighted by molar-refractivity contribution is 6.09. The van der Waals surface area contributed by atoms with E-state index in [1.807, 2.05) is 66.9 Å². The van der Waals surface area contributed by atoms with E-state index < -0.39 is 0 Å². The van der Waals surface area contributed by atoms with Crippen molar-refractivity contribution >= 4 is 11.8 Å². The summed E-state index contributed by atoms with van der Waals surface area (Å²) in [6.07, 6.45) is 4.92. The Balaban J connectivity index is 1.85. The number of aliphatic imine (C=N–C) groups is 1. The van der Waals surface area contributed by atoms with Gasteiger partial charge in [0.05, 0.1) is 6.04 Å². The smallest absolute Gasteiger partial charge is 0.165 e. The Morgan fingerprint density at radius 1 is 0.720 bits per heavy atom. The molecule has 0 saturated heterocycles. The van der Waals surface area contributed by atoms with Crippen molar-refractivity contribution in [3.8, 4) is 22.8 Å². The predicted octanol–water partition coefficient (Wildman–Crippen LogP) is 4.45. The van der Waals surface area contributed by atoms with Crippen molar-refractivity contribution in [2.75, 3.05) is 0 Å². The SMILES string of the molecule is CC1CC=C(c2nc(-c3ccccc3)nc(-c3ccccc3)n2)C=N1. The van der Waals surface area contributed by atoms with Gasteiger partial charge in [0.2, 0.25) is 0 Å². The molecule has 0 fully saturated rings. The summed E-state index contributed by atoms with van der Waals surface area (Å²) in [5.41, 5.74) is 2.91.